The van der Waals surface area contributed by atoms with E-state index in [0.717, 1.165) is 4.88 Å². The van der Waals surface area contributed by atoms with E-state index in [9.17, 15) is 9.18 Å². The minimum absolute atomic E-state index is 0.116. The summed E-state index contributed by atoms with van der Waals surface area (Å²) < 4.78 is 13.7. The highest BCUT2D eigenvalue weighted by Crippen LogP contribution is 2.11. The van der Waals surface area contributed by atoms with Crippen molar-refractivity contribution in [1.82, 2.24) is 5.32 Å². The van der Waals surface area contributed by atoms with Crippen LogP contribution in [-0.2, 0) is 17.8 Å². The van der Waals surface area contributed by atoms with Gasteiger partial charge in [0.15, 0.2) is 0 Å². The smallest absolute Gasteiger partial charge is 0.225 e. The van der Waals surface area contributed by atoms with Crippen LogP contribution in [0, 0.1) is 17.7 Å². The Balaban J connectivity index is 1.97. The number of thiophene rings is 1. The molecule has 1 amide bonds. The lowest BCUT2D eigenvalue weighted by atomic mass is 10.1. The first kappa shape index (κ1) is 15.2. The second-order valence-corrected chi connectivity index (χ2v) is 5.33. The number of benzene rings is 1. The number of hydrogen-bond acceptors (Lipinski definition) is 3. The van der Waals surface area contributed by atoms with Crippen LogP contribution < -0.4 is 5.32 Å². The van der Waals surface area contributed by atoms with Crippen molar-refractivity contribution in [1.29, 1.82) is 0 Å². The average molecular weight is 303 g/mol. The Labute approximate surface area is 126 Å². The predicted octanol–water partition coefficient (Wildman–Crippen LogP) is 2.09. The number of amides is 1. The molecule has 0 saturated heterocycles. The minimum atomic E-state index is -0.388. The molecule has 0 aliphatic carbocycles. The average Bonchev–Trinajstić information content (AvgIpc) is 2.98. The molecule has 0 fully saturated rings. The summed E-state index contributed by atoms with van der Waals surface area (Å²) in [6, 6.07) is 8.19. The van der Waals surface area contributed by atoms with Crippen LogP contribution in [0.2, 0.25) is 0 Å². The van der Waals surface area contributed by atoms with E-state index in [1.54, 1.807) is 6.07 Å². The lowest BCUT2D eigenvalue weighted by Gasteiger charge is -2.06. The highest BCUT2D eigenvalue weighted by atomic mass is 32.1. The molecule has 1 aromatic carbocycles. The Kier molecular flexibility index (Phi) is 5.50. The van der Waals surface area contributed by atoms with Crippen molar-refractivity contribution in [3.8, 4) is 11.8 Å². The summed E-state index contributed by atoms with van der Waals surface area (Å²) in [5.41, 5.74) is 0.979. The molecule has 1 heterocycles. The van der Waals surface area contributed by atoms with Gasteiger partial charge in [-0.2, -0.15) is 0 Å². The van der Waals surface area contributed by atoms with Crippen LogP contribution in [0.25, 0.3) is 0 Å². The zero-order chi connectivity index (χ0) is 15.1. The van der Waals surface area contributed by atoms with Crippen LogP contribution in [0.1, 0.15) is 16.0 Å². The molecule has 2 aromatic rings. The van der Waals surface area contributed by atoms with Crippen molar-refractivity contribution < 1.29 is 14.3 Å². The van der Waals surface area contributed by atoms with Crippen molar-refractivity contribution in [2.75, 3.05) is 6.61 Å². The Hall–Kier alpha value is -2.16. The summed E-state index contributed by atoms with van der Waals surface area (Å²) in [6.45, 7) is -0.130. The van der Waals surface area contributed by atoms with Crippen LogP contribution in [0.15, 0.2) is 35.7 Å². The number of nitrogens with one attached hydrogen (secondary N) is 1. The molecule has 2 N–H and O–H groups in total. The molecule has 3 nitrogen and oxygen atoms in total. The second-order valence-electron chi connectivity index (χ2n) is 4.30. The number of carbonyl (C=O) groups is 1. The van der Waals surface area contributed by atoms with Gasteiger partial charge in [0.1, 0.15) is 12.4 Å². The van der Waals surface area contributed by atoms with Crippen molar-refractivity contribution in [2.24, 2.45) is 0 Å². The maximum Gasteiger partial charge on any atom is 0.225 e. The van der Waals surface area contributed by atoms with Crippen LogP contribution in [0.4, 0.5) is 4.39 Å². The third-order valence-corrected chi connectivity index (χ3v) is 3.62. The van der Waals surface area contributed by atoms with E-state index in [-0.39, 0.29) is 24.9 Å². The second kappa shape index (κ2) is 7.58. The van der Waals surface area contributed by atoms with Gasteiger partial charge >= 0.3 is 0 Å². The SMILES string of the molecule is O=C(Cc1cccs1)NCc1cc(C#CCO)ccc1F. The summed E-state index contributed by atoms with van der Waals surface area (Å²) in [5.74, 6) is 4.67. The van der Waals surface area contributed by atoms with E-state index >= 15 is 0 Å². The zero-order valence-electron chi connectivity index (χ0n) is 11.2. The first-order valence-electron chi connectivity index (χ1n) is 6.36. The molecule has 0 unspecified atom stereocenters. The van der Waals surface area contributed by atoms with Gasteiger partial charge in [0, 0.05) is 22.5 Å². The molecule has 0 aliphatic rings. The largest absolute Gasteiger partial charge is 0.384 e. The van der Waals surface area contributed by atoms with Gasteiger partial charge in [0.2, 0.25) is 5.91 Å². The molecule has 1 aromatic heterocycles. The van der Waals surface area contributed by atoms with Crippen molar-refractivity contribution in [3.63, 3.8) is 0 Å². The lowest BCUT2D eigenvalue weighted by molar-refractivity contribution is -0.120. The van der Waals surface area contributed by atoms with Crippen LogP contribution >= 0.6 is 11.3 Å². The van der Waals surface area contributed by atoms with Gasteiger partial charge in [-0.3, -0.25) is 4.79 Å². The summed E-state index contributed by atoms with van der Waals surface area (Å²) >= 11 is 1.51. The minimum Gasteiger partial charge on any atom is -0.384 e. The third kappa shape index (κ3) is 4.71. The number of aliphatic hydroxyl groups is 1. The molecule has 2 rings (SSSR count). The number of rotatable bonds is 4. The maximum atomic E-state index is 13.7. The van der Waals surface area contributed by atoms with Gasteiger partial charge in [-0.1, -0.05) is 17.9 Å². The Bertz CT molecular complexity index is 671. The summed E-state index contributed by atoms with van der Waals surface area (Å²) in [4.78, 5) is 12.7. The quantitative estimate of drug-likeness (QED) is 0.850. The molecular weight excluding hydrogens is 289 g/mol. The summed E-state index contributed by atoms with van der Waals surface area (Å²) in [7, 11) is 0. The van der Waals surface area contributed by atoms with Gasteiger partial charge in [0.05, 0.1) is 6.42 Å². The lowest BCUT2D eigenvalue weighted by Crippen LogP contribution is -2.24. The van der Waals surface area contributed by atoms with E-state index in [1.165, 1.54) is 23.5 Å². The van der Waals surface area contributed by atoms with Gasteiger partial charge in [-0.05, 0) is 29.6 Å². The number of halogens is 1. The molecule has 0 atom stereocenters. The topological polar surface area (TPSA) is 49.3 Å². The van der Waals surface area contributed by atoms with Crippen LogP contribution in [0.3, 0.4) is 0 Å². The van der Waals surface area contributed by atoms with E-state index in [1.807, 2.05) is 17.5 Å². The van der Waals surface area contributed by atoms with Crippen LogP contribution in [0.5, 0.6) is 0 Å². The monoisotopic (exact) mass is 303 g/mol. The molecule has 0 bridgehead atoms. The molecule has 0 saturated carbocycles. The molecule has 0 spiro atoms. The van der Waals surface area contributed by atoms with Gasteiger partial charge in [-0.25, -0.2) is 4.39 Å². The van der Waals surface area contributed by atoms with Gasteiger partial charge < -0.3 is 10.4 Å². The van der Waals surface area contributed by atoms with E-state index in [4.69, 9.17) is 5.11 Å². The Morgan fingerprint density at radius 1 is 1.38 bits per heavy atom. The molecular formula is C16H14FNO2S. The van der Waals surface area contributed by atoms with Crippen molar-refractivity contribution in [2.45, 2.75) is 13.0 Å². The van der Waals surface area contributed by atoms with Crippen molar-refractivity contribution >= 4 is 17.2 Å². The molecule has 5 heteroatoms. The summed E-state index contributed by atoms with van der Waals surface area (Å²) in [5, 5.41) is 13.2. The molecule has 0 aliphatic heterocycles. The van der Waals surface area contributed by atoms with Gasteiger partial charge in [0.25, 0.3) is 0 Å². The Morgan fingerprint density at radius 2 is 2.24 bits per heavy atom. The highest BCUT2D eigenvalue weighted by Gasteiger charge is 2.07. The first-order valence-corrected chi connectivity index (χ1v) is 7.24. The molecule has 21 heavy (non-hydrogen) atoms. The Morgan fingerprint density at radius 3 is 2.95 bits per heavy atom. The number of carbonyl (C=O) groups excluding carboxylic acids is 1. The van der Waals surface area contributed by atoms with Gasteiger partial charge in [-0.15, -0.1) is 11.3 Å². The van der Waals surface area contributed by atoms with E-state index < -0.39 is 0 Å². The molecule has 108 valence electrons. The third-order valence-electron chi connectivity index (χ3n) is 2.75. The molecule has 0 radical (unpaired) electrons. The maximum absolute atomic E-state index is 13.7. The fourth-order valence-electron chi connectivity index (χ4n) is 1.76. The normalized spacial score (nSPS) is 9.81. The predicted molar refractivity (Wildman–Crippen MR) is 80.2 cm³/mol. The number of aliphatic hydroxyl groups excluding tert-OH is 1. The number of hydrogen-bond donors (Lipinski definition) is 2. The fraction of sp³-hybridized carbons (Fsp3) is 0.188. The van der Waals surface area contributed by atoms with E-state index in [0.29, 0.717) is 17.5 Å². The standard InChI is InChI=1S/C16H14FNO2S/c17-15-6-5-12(3-1-7-19)9-13(15)11-18-16(20)10-14-4-2-8-21-14/h2,4-6,8-9,19H,7,10-11H2,(H,18,20). The van der Waals surface area contributed by atoms with Crippen LogP contribution in [-0.4, -0.2) is 17.6 Å². The highest BCUT2D eigenvalue weighted by molar-refractivity contribution is 7.10. The first-order chi connectivity index (χ1) is 10.2. The zero-order valence-corrected chi connectivity index (χ0v) is 12.0. The van der Waals surface area contributed by atoms with Crippen molar-refractivity contribution in [3.05, 3.63) is 57.5 Å². The summed E-state index contributed by atoms with van der Waals surface area (Å²) in [6.07, 6.45) is 0.295. The fourth-order valence-corrected chi connectivity index (χ4v) is 2.46. The van der Waals surface area contributed by atoms with E-state index in [2.05, 4.69) is 17.2 Å².